The lowest BCUT2D eigenvalue weighted by Gasteiger charge is -2.22. The predicted molar refractivity (Wildman–Crippen MR) is 89.2 cm³/mol. The molecule has 0 aliphatic carbocycles. The van der Waals surface area contributed by atoms with Crippen LogP contribution in [0, 0.1) is 0 Å². The SMILES string of the molecule is CCCCCNc1ccc(C(=O)N(C)C2CCS(=O)(=O)C2)nn1. The summed E-state index contributed by atoms with van der Waals surface area (Å²) in [6.07, 6.45) is 3.86. The Labute approximate surface area is 137 Å². The van der Waals surface area contributed by atoms with Crippen molar-refractivity contribution in [2.45, 2.75) is 38.6 Å². The van der Waals surface area contributed by atoms with E-state index in [9.17, 15) is 13.2 Å². The summed E-state index contributed by atoms with van der Waals surface area (Å²) >= 11 is 0. The molecule has 0 radical (unpaired) electrons. The van der Waals surface area contributed by atoms with Gasteiger partial charge in [0.05, 0.1) is 11.5 Å². The van der Waals surface area contributed by atoms with Gasteiger partial charge in [0.1, 0.15) is 5.82 Å². The topological polar surface area (TPSA) is 92.3 Å². The van der Waals surface area contributed by atoms with Gasteiger partial charge in [-0.05, 0) is 25.0 Å². The van der Waals surface area contributed by atoms with Gasteiger partial charge in [-0.1, -0.05) is 19.8 Å². The van der Waals surface area contributed by atoms with Crippen LogP contribution in [0.3, 0.4) is 0 Å². The van der Waals surface area contributed by atoms with Gasteiger partial charge in [0.15, 0.2) is 15.5 Å². The third-order valence-corrected chi connectivity index (χ3v) is 5.80. The van der Waals surface area contributed by atoms with Crippen LogP contribution in [0.5, 0.6) is 0 Å². The average molecular weight is 340 g/mol. The van der Waals surface area contributed by atoms with Crippen molar-refractivity contribution in [2.75, 3.05) is 30.4 Å². The molecule has 128 valence electrons. The minimum absolute atomic E-state index is 0.0275. The molecule has 1 aliphatic heterocycles. The summed E-state index contributed by atoms with van der Waals surface area (Å²) in [4.78, 5) is 13.8. The number of sulfone groups is 1. The zero-order chi connectivity index (χ0) is 16.9. The molecule has 8 heteroatoms. The fourth-order valence-electron chi connectivity index (χ4n) is 2.56. The van der Waals surface area contributed by atoms with E-state index < -0.39 is 9.84 Å². The van der Waals surface area contributed by atoms with E-state index >= 15 is 0 Å². The first kappa shape index (κ1) is 17.7. The molecule has 2 rings (SSSR count). The summed E-state index contributed by atoms with van der Waals surface area (Å²) in [5.74, 6) is 0.516. The first-order valence-corrected chi connectivity index (χ1v) is 9.80. The molecular formula is C15H24N4O3S. The van der Waals surface area contributed by atoms with E-state index in [1.807, 2.05) is 0 Å². The molecule has 2 heterocycles. The maximum atomic E-state index is 12.4. The summed E-state index contributed by atoms with van der Waals surface area (Å²) in [5, 5.41) is 11.1. The second-order valence-electron chi connectivity index (χ2n) is 5.91. The van der Waals surface area contributed by atoms with Gasteiger partial charge >= 0.3 is 0 Å². The van der Waals surface area contributed by atoms with Gasteiger partial charge in [-0.15, -0.1) is 10.2 Å². The van der Waals surface area contributed by atoms with Crippen LogP contribution in [0.15, 0.2) is 12.1 Å². The van der Waals surface area contributed by atoms with Gasteiger partial charge in [0.25, 0.3) is 5.91 Å². The van der Waals surface area contributed by atoms with Crippen molar-refractivity contribution in [1.82, 2.24) is 15.1 Å². The number of nitrogens with zero attached hydrogens (tertiary/aromatic N) is 3. The molecule has 0 saturated carbocycles. The standard InChI is InChI=1S/C15H24N4O3S/c1-3-4-5-9-16-14-7-6-13(17-18-14)15(20)19(2)12-8-10-23(21,22)11-12/h6-7,12H,3-5,8-11H2,1-2H3,(H,16,18). The van der Waals surface area contributed by atoms with Crippen molar-refractivity contribution in [1.29, 1.82) is 0 Å². The summed E-state index contributed by atoms with van der Waals surface area (Å²) < 4.78 is 23.0. The Morgan fingerprint density at radius 2 is 2.13 bits per heavy atom. The van der Waals surface area contributed by atoms with Crippen molar-refractivity contribution in [3.05, 3.63) is 17.8 Å². The number of amides is 1. The van der Waals surface area contributed by atoms with Crippen molar-refractivity contribution < 1.29 is 13.2 Å². The van der Waals surface area contributed by atoms with Crippen molar-refractivity contribution in [3.63, 3.8) is 0 Å². The highest BCUT2D eigenvalue weighted by molar-refractivity contribution is 7.91. The molecule has 1 N–H and O–H groups in total. The molecule has 1 aliphatic rings. The zero-order valence-electron chi connectivity index (χ0n) is 13.7. The number of hydrogen-bond donors (Lipinski definition) is 1. The highest BCUT2D eigenvalue weighted by atomic mass is 32.2. The number of carbonyl (C=O) groups excluding carboxylic acids is 1. The van der Waals surface area contributed by atoms with Gasteiger partial charge in [-0.25, -0.2) is 8.42 Å². The molecule has 0 bridgehead atoms. The van der Waals surface area contributed by atoms with Gasteiger partial charge in [0, 0.05) is 19.6 Å². The van der Waals surface area contributed by atoms with Crippen LogP contribution in [0.25, 0.3) is 0 Å². The Bertz CT molecular complexity index is 631. The summed E-state index contributed by atoms with van der Waals surface area (Å²) in [6.45, 7) is 2.97. The number of rotatable bonds is 7. The van der Waals surface area contributed by atoms with E-state index in [1.54, 1.807) is 19.2 Å². The fourth-order valence-corrected chi connectivity index (χ4v) is 4.33. The van der Waals surface area contributed by atoms with E-state index in [0.29, 0.717) is 12.2 Å². The number of carbonyl (C=O) groups is 1. The van der Waals surface area contributed by atoms with Crippen LogP contribution in [0.4, 0.5) is 5.82 Å². The molecule has 1 aromatic rings. The Morgan fingerprint density at radius 3 is 2.70 bits per heavy atom. The first-order chi connectivity index (χ1) is 10.9. The molecule has 1 aromatic heterocycles. The molecule has 23 heavy (non-hydrogen) atoms. The second kappa shape index (κ2) is 7.72. The number of anilines is 1. The monoisotopic (exact) mass is 340 g/mol. The normalized spacial score (nSPS) is 19.5. The molecule has 0 spiro atoms. The van der Waals surface area contributed by atoms with Crippen molar-refractivity contribution >= 4 is 21.6 Å². The van der Waals surface area contributed by atoms with Crippen LogP contribution < -0.4 is 5.32 Å². The second-order valence-corrected chi connectivity index (χ2v) is 8.14. The number of nitrogens with one attached hydrogen (secondary N) is 1. The van der Waals surface area contributed by atoms with Crippen LogP contribution >= 0.6 is 0 Å². The zero-order valence-corrected chi connectivity index (χ0v) is 14.5. The van der Waals surface area contributed by atoms with Crippen LogP contribution in [-0.4, -0.2) is 60.6 Å². The third kappa shape index (κ3) is 4.89. The molecule has 1 fully saturated rings. The van der Waals surface area contributed by atoms with Crippen LogP contribution in [0.1, 0.15) is 43.1 Å². The summed E-state index contributed by atoms with van der Waals surface area (Å²) in [7, 11) is -1.40. The Kier molecular flexibility index (Phi) is 5.92. The molecule has 1 saturated heterocycles. The quantitative estimate of drug-likeness (QED) is 0.753. The van der Waals surface area contributed by atoms with Gasteiger partial charge in [-0.2, -0.15) is 0 Å². The Morgan fingerprint density at radius 1 is 1.35 bits per heavy atom. The summed E-state index contributed by atoms with van der Waals surface area (Å²) in [5.41, 5.74) is 0.232. The van der Waals surface area contributed by atoms with Crippen LogP contribution in [-0.2, 0) is 9.84 Å². The van der Waals surface area contributed by atoms with Crippen molar-refractivity contribution in [2.24, 2.45) is 0 Å². The van der Waals surface area contributed by atoms with E-state index in [2.05, 4.69) is 22.4 Å². The van der Waals surface area contributed by atoms with Gasteiger partial charge in [-0.3, -0.25) is 4.79 Å². The van der Waals surface area contributed by atoms with Gasteiger partial charge < -0.3 is 10.2 Å². The largest absolute Gasteiger partial charge is 0.369 e. The fraction of sp³-hybridized carbons (Fsp3) is 0.667. The number of hydrogen-bond acceptors (Lipinski definition) is 6. The van der Waals surface area contributed by atoms with Crippen molar-refractivity contribution in [3.8, 4) is 0 Å². The van der Waals surface area contributed by atoms with E-state index in [4.69, 9.17) is 0 Å². The minimum atomic E-state index is -3.02. The lowest BCUT2D eigenvalue weighted by molar-refractivity contribution is 0.0740. The minimum Gasteiger partial charge on any atom is -0.369 e. The average Bonchev–Trinajstić information content (AvgIpc) is 2.91. The number of unbranched alkanes of at least 4 members (excludes halogenated alkanes) is 2. The maximum absolute atomic E-state index is 12.4. The lowest BCUT2D eigenvalue weighted by atomic mass is 10.2. The molecule has 0 aromatic carbocycles. The van der Waals surface area contributed by atoms with E-state index in [-0.39, 0.29) is 29.1 Å². The smallest absolute Gasteiger partial charge is 0.274 e. The molecular weight excluding hydrogens is 316 g/mol. The maximum Gasteiger partial charge on any atom is 0.274 e. The molecule has 1 unspecified atom stereocenters. The molecule has 1 amide bonds. The highest BCUT2D eigenvalue weighted by Gasteiger charge is 2.33. The lowest BCUT2D eigenvalue weighted by Crippen LogP contribution is -2.38. The van der Waals surface area contributed by atoms with E-state index in [1.165, 1.54) is 4.90 Å². The van der Waals surface area contributed by atoms with Gasteiger partial charge in [0.2, 0.25) is 0 Å². The van der Waals surface area contributed by atoms with Crippen LogP contribution in [0.2, 0.25) is 0 Å². The third-order valence-electron chi connectivity index (χ3n) is 4.05. The first-order valence-electron chi connectivity index (χ1n) is 7.98. The molecule has 1 atom stereocenters. The predicted octanol–water partition coefficient (Wildman–Crippen LogP) is 1.34. The molecule has 7 nitrogen and oxygen atoms in total. The Balaban J connectivity index is 1.92. The van der Waals surface area contributed by atoms with E-state index in [0.717, 1.165) is 25.8 Å². The summed E-state index contributed by atoms with van der Waals surface area (Å²) in [6, 6.07) is 3.07. The Hall–Kier alpha value is -1.70. The number of aromatic nitrogens is 2. The highest BCUT2D eigenvalue weighted by Crippen LogP contribution is 2.18.